The Labute approximate surface area is 104 Å². The molecule has 1 heterocycles. The first-order valence-electron chi connectivity index (χ1n) is 5.62. The van der Waals surface area contributed by atoms with Crippen LogP contribution in [0.4, 0.5) is 5.69 Å². The zero-order valence-electron chi connectivity index (χ0n) is 9.96. The summed E-state index contributed by atoms with van der Waals surface area (Å²) in [5.41, 5.74) is 6.79. The van der Waals surface area contributed by atoms with Gasteiger partial charge in [0.05, 0.1) is 22.4 Å². The number of imidazole rings is 1. The maximum absolute atomic E-state index is 10.9. The number of nitro benzene ring substituents is 1. The first-order chi connectivity index (χ1) is 8.63. The fraction of sp³-hybridized carbons (Fsp3) is 0.250. The van der Waals surface area contributed by atoms with Crippen molar-refractivity contribution in [3.05, 3.63) is 46.4 Å². The van der Waals surface area contributed by atoms with Gasteiger partial charge in [-0.25, -0.2) is 4.98 Å². The minimum absolute atomic E-state index is 0.0631. The second-order valence-electron chi connectivity index (χ2n) is 4.09. The van der Waals surface area contributed by atoms with E-state index in [0.717, 1.165) is 5.82 Å². The molecule has 0 fully saturated rings. The molecule has 1 unspecified atom stereocenters. The summed E-state index contributed by atoms with van der Waals surface area (Å²) < 4.78 is 0. The van der Waals surface area contributed by atoms with Crippen molar-refractivity contribution in [1.29, 1.82) is 0 Å². The number of benzene rings is 1. The maximum atomic E-state index is 10.9. The Morgan fingerprint density at radius 2 is 2.22 bits per heavy atom. The van der Waals surface area contributed by atoms with Gasteiger partial charge in [-0.05, 0) is 6.07 Å². The fourth-order valence-electron chi connectivity index (χ4n) is 1.70. The molecule has 1 aromatic carbocycles. The molecule has 6 nitrogen and oxygen atoms in total. The molecule has 0 aliphatic carbocycles. The summed E-state index contributed by atoms with van der Waals surface area (Å²) in [5.74, 6) is 0.840. The highest BCUT2D eigenvalue weighted by Crippen LogP contribution is 2.28. The smallest absolute Gasteiger partial charge is 0.278 e. The Kier molecular flexibility index (Phi) is 3.38. The van der Waals surface area contributed by atoms with Crippen molar-refractivity contribution in [3.63, 3.8) is 0 Å². The van der Waals surface area contributed by atoms with Gasteiger partial charge in [0.2, 0.25) is 0 Å². The second-order valence-corrected chi connectivity index (χ2v) is 4.09. The Hall–Kier alpha value is -2.21. The predicted molar refractivity (Wildman–Crippen MR) is 68.1 cm³/mol. The molecule has 0 saturated heterocycles. The Bertz CT molecular complexity index is 565. The van der Waals surface area contributed by atoms with Crippen molar-refractivity contribution in [2.45, 2.75) is 12.8 Å². The largest absolute Gasteiger partial charge is 0.342 e. The monoisotopic (exact) mass is 246 g/mol. The number of aromatic amines is 1. The fourth-order valence-corrected chi connectivity index (χ4v) is 1.70. The lowest BCUT2D eigenvalue weighted by molar-refractivity contribution is -0.384. The number of nitrogens with two attached hydrogens (primary N) is 1. The van der Waals surface area contributed by atoms with Crippen molar-refractivity contribution in [1.82, 2.24) is 9.97 Å². The molecule has 0 saturated carbocycles. The average Bonchev–Trinajstić information content (AvgIpc) is 2.87. The highest BCUT2D eigenvalue weighted by Gasteiger charge is 2.17. The number of para-hydroxylation sites is 1. The van der Waals surface area contributed by atoms with E-state index in [1.165, 1.54) is 6.07 Å². The van der Waals surface area contributed by atoms with Gasteiger partial charge in [0.1, 0.15) is 5.82 Å². The summed E-state index contributed by atoms with van der Waals surface area (Å²) >= 11 is 0. The van der Waals surface area contributed by atoms with Gasteiger partial charge in [-0.1, -0.05) is 19.1 Å². The molecule has 94 valence electrons. The van der Waals surface area contributed by atoms with Crippen LogP contribution in [0.3, 0.4) is 0 Å². The summed E-state index contributed by atoms with van der Waals surface area (Å²) in [4.78, 5) is 17.8. The summed E-state index contributed by atoms with van der Waals surface area (Å²) in [7, 11) is 0. The standard InChI is InChI=1S/C12H14N4O2/c1-8(6-13)12-14-7-10(15-12)9-4-2-3-5-11(9)16(17)18/h2-5,7-8H,6,13H2,1H3,(H,14,15). The minimum atomic E-state index is -0.401. The number of H-pyrrole nitrogens is 1. The van der Waals surface area contributed by atoms with Crippen LogP contribution in [0.25, 0.3) is 11.3 Å². The third kappa shape index (κ3) is 2.23. The molecule has 2 rings (SSSR count). The second kappa shape index (κ2) is 4.97. The van der Waals surface area contributed by atoms with Crippen LogP contribution in [0.1, 0.15) is 18.7 Å². The van der Waals surface area contributed by atoms with E-state index < -0.39 is 4.92 Å². The minimum Gasteiger partial charge on any atom is -0.342 e. The maximum Gasteiger partial charge on any atom is 0.278 e. The first-order valence-corrected chi connectivity index (χ1v) is 5.62. The molecule has 18 heavy (non-hydrogen) atoms. The number of rotatable bonds is 4. The van der Waals surface area contributed by atoms with Crippen LogP contribution in [0, 0.1) is 10.1 Å². The third-order valence-corrected chi connectivity index (χ3v) is 2.81. The Morgan fingerprint density at radius 1 is 1.50 bits per heavy atom. The van der Waals surface area contributed by atoms with Crippen molar-refractivity contribution in [3.8, 4) is 11.3 Å². The van der Waals surface area contributed by atoms with E-state index in [9.17, 15) is 10.1 Å². The van der Waals surface area contributed by atoms with Gasteiger partial charge in [-0.15, -0.1) is 0 Å². The number of nitrogens with zero attached hydrogens (tertiary/aromatic N) is 2. The van der Waals surface area contributed by atoms with E-state index in [1.54, 1.807) is 24.4 Å². The first kappa shape index (κ1) is 12.3. The van der Waals surface area contributed by atoms with Gasteiger partial charge in [0, 0.05) is 18.5 Å². The Balaban J connectivity index is 2.43. The molecule has 1 aromatic heterocycles. The number of nitro groups is 1. The molecule has 0 aliphatic rings. The Morgan fingerprint density at radius 3 is 2.89 bits per heavy atom. The van der Waals surface area contributed by atoms with Gasteiger partial charge < -0.3 is 10.7 Å². The zero-order valence-corrected chi connectivity index (χ0v) is 9.96. The van der Waals surface area contributed by atoms with E-state index in [1.807, 2.05) is 6.92 Å². The summed E-state index contributed by atoms with van der Waals surface area (Å²) in [6.45, 7) is 2.42. The molecular formula is C12H14N4O2. The summed E-state index contributed by atoms with van der Waals surface area (Å²) in [5, 5.41) is 10.9. The molecule has 2 aromatic rings. The van der Waals surface area contributed by atoms with Gasteiger partial charge >= 0.3 is 0 Å². The van der Waals surface area contributed by atoms with Crippen molar-refractivity contribution < 1.29 is 4.92 Å². The van der Waals surface area contributed by atoms with Crippen LogP contribution in [0.15, 0.2) is 30.5 Å². The molecule has 0 amide bonds. The van der Waals surface area contributed by atoms with Gasteiger partial charge in [0.25, 0.3) is 5.69 Å². The average molecular weight is 246 g/mol. The predicted octanol–water partition coefficient (Wildman–Crippen LogP) is 2.05. The van der Waals surface area contributed by atoms with Crippen LogP contribution in [0.5, 0.6) is 0 Å². The van der Waals surface area contributed by atoms with E-state index >= 15 is 0 Å². The van der Waals surface area contributed by atoms with E-state index in [4.69, 9.17) is 5.73 Å². The van der Waals surface area contributed by atoms with E-state index in [-0.39, 0.29) is 11.6 Å². The molecule has 0 bridgehead atoms. The van der Waals surface area contributed by atoms with Crippen molar-refractivity contribution >= 4 is 5.69 Å². The molecule has 0 aliphatic heterocycles. The van der Waals surface area contributed by atoms with Gasteiger partial charge in [0.15, 0.2) is 0 Å². The number of nitrogens with one attached hydrogen (secondary N) is 1. The van der Waals surface area contributed by atoms with E-state index in [2.05, 4.69) is 9.97 Å². The molecule has 1 atom stereocenters. The van der Waals surface area contributed by atoms with Crippen molar-refractivity contribution in [2.75, 3.05) is 6.54 Å². The third-order valence-electron chi connectivity index (χ3n) is 2.81. The van der Waals surface area contributed by atoms with Crippen LogP contribution in [-0.4, -0.2) is 21.4 Å². The zero-order chi connectivity index (χ0) is 13.1. The highest BCUT2D eigenvalue weighted by atomic mass is 16.6. The molecule has 6 heteroatoms. The van der Waals surface area contributed by atoms with Gasteiger partial charge in [-0.2, -0.15) is 0 Å². The lowest BCUT2D eigenvalue weighted by atomic mass is 10.1. The number of hydrogen-bond donors (Lipinski definition) is 2. The van der Waals surface area contributed by atoms with E-state index in [0.29, 0.717) is 17.8 Å². The van der Waals surface area contributed by atoms with Crippen LogP contribution in [0.2, 0.25) is 0 Å². The molecule has 0 radical (unpaired) electrons. The summed E-state index contributed by atoms with van der Waals surface area (Å²) in [6, 6.07) is 6.57. The lowest BCUT2D eigenvalue weighted by Gasteiger charge is -2.03. The normalized spacial score (nSPS) is 12.3. The summed E-state index contributed by atoms with van der Waals surface area (Å²) in [6.07, 6.45) is 1.60. The SMILES string of the molecule is CC(CN)c1ncc(-c2ccccc2[N+](=O)[O-])[nH]1. The number of hydrogen-bond acceptors (Lipinski definition) is 4. The topological polar surface area (TPSA) is 97.8 Å². The molecule has 0 spiro atoms. The lowest BCUT2D eigenvalue weighted by Crippen LogP contribution is -2.10. The van der Waals surface area contributed by atoms with Gasteiger partial charge in [-0.3, -0.25) is 10.1 Å². The van der Waals surface area contributed by atoms with Crippen LogP contribution >= 0.6 is 0 Å². The number of aromatic nitrogens is 2. The molecule has 3 N–H and O–H groups in total. The van der Waals surface area contributed by atoms with Crippen LogP contribution in [-0.2, 0) is 0 Å². The highest BCUT2D eigenvalue weighted by molar-refractivity contribution is 5.70. The quantitative estimate of drug-likeness (QED) is 0.637. The van der Waals surface area contributed by atoms with Crippen LogP contribution < -0.4 is 5.73 Å². The molecular weight excluding hydrogens is 232 g/mol. The van der Waals surface area contributed by atoms with Crippen molar-refractivity contribution in [2.24, 2.45) is 5.73 Å².